The maximum atomic E-state index is 13.2. The van der Waals surface area contributed by atoms with E-state index in [9.17, 15) is 4.39 Å². The van der Waals surface area contributed by atoms with Gasteiger partial charge in [-0.05, 0) is 50.2 Å². The molecule has 2 N–H and O–H groups in total. The monoisotopic (exact) mass is 242 g/mol. The van der Waals surface area contributed by atoms with Crippen molar-refractivity contribution in [3.63, 3.8) is 0 Å². The highest BCUT2D eigenvalue weighted by Gasteiger charge is 2.26. The van der Waals surface area contributed by atoms with E-state index in [1.54, 1.807) is 6.07 Å². The van der Waals surface area contributed by atoms with Gasteiger partial charge in [-0.1, -0.05) is 11.6 Å². The highest BCUT2D eigenvalue weighted by molar-refractivity contribution is 6.31. The highest BCUT2D eigenvalue weighted by Crippen LogP contribution is 2.33. The molecular formula is C12H16ClFN2. The first kappa shape index (κ1) is 11.8. The number of benzene rings is 1. The fourth-order valence-electron chi connectivity index (χ4n) is 2.24. The first-order chi connectivity index (χ1) is 7.58. The SMILES string of the molecule is CN1CCC(N)CC1c1cc(F)ccc1Cl. The number of likely N-dealkylation sites (tertiary alicyclic amines) is 1. The standard InChI is InChI=1S/C12H16ClFN2/c1-16-5-4-9(15)7-12(16)10-6-8(14)2-3-11(10)13/h2-3,6,9,12H,4-5,7,15H2,1H3. The van der Waals surface area contributed by atoms with E-state index >= 15 is 0 Å². The largest absolute Gasteiger partial charge is 0.328 e. The third-order valence-corrected chi connectivity index (χ3v) is 3.57. The Morgan fingerprint density at radius 3 is 3.00 bits per heavy atom. The summed E-state index contributed by atoms with van der Waals surface area (Å²) >= 11 is 6.11. The molecule has 1 saturated heterocycles. The molecule has 0 radical (unpaired) electrons. The van der Waals surface area contributed by atoms with E-state index in [1.165, 1.54) is 12.1 Å². The lowest BCUT2D eigenvalue weighted by Gasteiger charge is -2.36. The second-order valence-corrected chi connectivity index (χ2v) is 4.85. The van der Waals surface area contributed by atoms with Gasteiger partial charge in [0.25, 0.3) is 0 Å². The van der Waals surface area contributed by atoms with Gasteiger partial charge in [0.1, 0.15) is 5.82 Å². The Labute approximate surface area is 100 Å². The van der Waals surface area contributed by atoms with Crippen molar-refractivity contribution in [2.75, 3.05) is 13.6 Å². The van der Waals surface area contributed by atoms with Gasteiger partial charge in [-0.25, -0.2) is 4.39 Å². The van der Waals surface area contributed by atoms with Gasteiger partial charge >= 0.3 is 0 Å². The Balaban J connectivity index is 2.30. The first-order valence-corrected chi connectivity index (χ1v) is 5.86. The molecule has 1 aromatic rings. The van der Waals surface area contributed by atoms with Crippen LogP contribution in [0.25, 0.3) is 0 Å². The minimum Gasteiger partial charge on any atom is -0.328 e. The van der Waals surface area contributed by atoms with E-state index in [0.717, 1.165) is 24.9 Å². The molecule has 0 amide bonds. The number of hydrogen-bond acceptors (Lipinski definition) is 2. The summed E-state index contributed by atoms with van der Waals surface area (Å²) in [4.78, 5) is 2.18. The van der Waals surface area contributed by atoms with Crippen LogP contribution in [0, 0.1) is 5.82 Å². The van der Waals surface area contributed by atoms with Gasteiger partial charge in [0.05, 0.1) is 0 Å². The van der Waals surface area contributed by atoms with Gasteiger partial charge in [0.15, 0.2) is 0 Å². The van der Waals surface area contributed by atoms with E-state index in [-0.39, 0.29) is 17.9 Å². The molecule has 0 aromatic heterocycles. The predicted molar refractivity (Wildman–Crippen MR) is 64.0 cm³/mol. The summed E-state index contributed by atoms with van der Waals surface area (Å²) in [7, 11) is 2.03. The van der Waals surface area contributed by atoms with Crippen molar-refractivity contribution in [2.45, 2.75) is 24.9 Å². The number of rotatable bonds is 1. The van der Waals surface area contributed by atoms with Gasteiger partial charge in [0.2, 0.25) is 0 Å². The minimum atomic E-state index is -0.244. The summed E-state index contributed by atoms with van der Waals surface area (Å²) < 4.78 is 13.2. The van der Waals surface area contributed by atoms with Gasteiger partial charge in [-0.15, -0.1) is 0 Å². The number of nitrogens with zero attached hydrogens (tertiary/aromatic N) is 1. The summed E-state index contributed by atoms with van der Waals surface area (Å²) in [5.41, 5.74) is 6.80. The molecule has 0 saturated carbocycles. The molecule has 1 aliphatic rings. The van der Waals surface area contributed by atoms with Crippen molar-refractivity contribution in [2.24, 2.45) is 5.73 Å². The van der Waals surface area contributed by atoms with Crippen LogP contribution in [0.1, 0.15) is 24.4 Å². The zero-order chi connectivity index (χ0) is 11.7. The molecule has 0 spiro atoms. The molecule has 88 valence electrons. The van der Waals surface area contributed by atoms with Gasteiger partial charge in [-0.2, -0.15) is 0 Å². The van der Waals surface area contributed by atoms with E-state index in [0.29, 0.717) is 5.02 Å². The molecule has 0 bridgehead atoms. The minimum absolute atomic E-state index is 0.131. The fourth-order valence-corrected chi connectivity index (χ4v) is 2.49. The van der Waals surface area contributed by atoms with Crippen molar-refractivity contribution in [1.29, 1.82) is 0 Å². The highest BCUT2D eigenvalue weighted by atomic mass is 35.5. The number of hydrogen-bond donors (Lipinski definition) is 1. The van der Waals surface area contributed by atoms with Crippen LogP contribution in [0.4, 0.5) is 4.39 Å². The molecule has 16 heavy (non-hydrogen) atoms. The molecule has 1 heterocycles. The predicted octanol–water partition coefficient (Wildman–Crippen LogP) is 2.57. The van der Waals surface area contributed by atoms with Crippen molar-refractivity contribution in [3.8, 4) is 0 Å². The summed E-state index contributed by atoms with van der Waals surface area (Å²) in [6, 6.07) is 4.82. The molecule has 1 aromatic carbocycles. The normalized spacial score (nSPS) is 27.0. The van der Waals surface area contributed by atoms with Crippen molar-refractivity contribution < 1.29 is 4.39 Å². The topological polar surface area (TPSA) is 29.3 Å². The molecular weight excluding hydrogens is 227 g/mol. The molecule has 4 heteroatoms. The van der Waals surface area contributed by atoms with Crippen molar-refractivity contribution in [3.05, 3.63) is 34.6 Å². The third-order valence-electron chi connectivity index (χ3n) is 3.23. The third kappa shape index (κ3) is 2.37. The number of piperidine rings is 1. The van der Waals surface area contributed by atoms with Crippen molar-refractivity contribution in [1.82, 2.24) is 4.90 Å². The Kier molecular flexibility index (Phi) is 3.47. The lowest BCUT2D eigenvalue weighted by atomic mass is 9.93. The van der Waals surface area contributed by atoms with Gasteiger partial charge in [0, 0.05) is 17.1 Å². The molecule has 1 fully saturated rings. The molecule has 2 atom stereocenters. The second kappa shape index (κ2) is 4.70. The molecule has 0 aliphatic carbocycles. The summed E-state index contributed by atoms with van der Waals surface area (Å²) in [5.74, 6) is -0.244. The van der Waals surface area contributed by atoms with Crippen LogP contribution in [0.5, 0.6) is 0 Å². The zero-order valence-corrected chi connectivity index (χ0v) is 10.0. The van der Waals surface area contributed by atoms with Crippen LogP contribution in [0.3, 0.4) is 0 Å². The van der Waals surface area contributed by atoms with E-state index in [1.807, 2.05) is 7.05 Å². The average Bonchev–Trinajstić information content (AvgIpc) is 2.25. The summed E-state index contributed by atoms with van der Waals surface area (Å²) in [6.45, 7) is 0.929. The average molecular weight is 243 g/mol. The van der Waals surface area contributed by atoms with E-state index in [4.69, 9.17) is 17.3 Å². The molecule has 2 unspecified atom stereocenters. The fraction of sp³-hybridized carbons (Fsp3) is 0.500. The van der Waals surface area contributed by atoms with Crippen molar-refractivity contribution >= 4 is 11.6 Å². The quantitative estimate of drug-likeness (QED) is 0.820. The second-order valence-electron chi connectivity index (χ2n) is 4.45. The smallest absolute Gasteiger partial charge is 0.123 e. The molecule has 2 nitrogen and oxygen atoms in total. The summed E-state index contributed by atoms with van der Waals surface area (Å²) in [6.07, 6.45) is 1.82. The van der Waals surface area contributed by atoms with Crippen LogP contribution in [0.15, 0.2) is 18.2 Å². The lowest BCUT2D eigenvalue weighted by molar-refractivity contribution is 0.171. The maximum Gasteiger partial charge on any atom is 0.123 e. The van der Waals surface area contributed by atoms with Crippen LogP contribution >= 0.6 is 11.6 Å². The Bertz CT molecular complexity index is 383. The van der Waals surface area contributed by atoms with Gasteiger partial charge < -0.3 is 5.73 Å². The maximum absolute atomic E-state index is 13.2. The Morgan fingerprint density at radius 2 is 2.25 bits per heavy atom. The number of halogens is 2. The van der Waals surface area contributed by atoms with Crippen LogP contribution in [0.2, 0.25) is 5.02 Å². The summed E-state index contributed by atoms with van der Waals surface area (Å²) in [5, 5.41) is 0.618. The van der Waals surface area contributed by atoms with Gasteiger partial charge in [-0.3, -0.25) is 4.90 Å². The van der Waals surface area contributed by atoms with Crippen LogP contribution < -0.4 is 5.73 Å². The van der Waals surface area contributed by atoms with E-state index in [2.05, 4.69) is 4.90 Å². The lowest BCUT2D eigenvalue weighted by Crippen LogP contribution is -2.40. The Morgan fingerprint density at radius 1 is 1.50 bits per heavy atom. The zero-order valence-electron chi connectivity index (χ0n) is 9.29. The first-order valence-electron chi connectivity index (χ1n) is 5.48. The van der Waals surface area contributed by atoms with E-state index < -0.39 is 0 Å². The van der Waals surface area contributed by atoms with Crippen LogP contribution in [-0.4, -0.2) is 24.5 Å². The molecule has 2 rings (SSSR count). The number of nitrogens with two attached hydrogens (primary N) is 1. The van der Waals surface area contributed by atoms with Crippen LogP contribution in [-0.2, 0) is 0 Å². The Hall–Kier alpha value is -0.640. The molecule has 1 aliphatic heterocycles.